The average Bonchev–Trinajstić information content (AvgIpc) is 2.91. The molecule has 4 rings (SSSR count). The summed E-state index contributed by atoms with van der Waals surface area (Å²) in [7, 11) is 0. The van der Waals surface area contributed by atoms with Crippen molar-refractivity contribution in [2.24, 2.45) is 5.92 Å². The molecule has 0 radical (unpaired) electrons. The van der Waals surface area contributed by atoms with E-state index in [9.17, 15) is 0 Å². The van der Waals surface area contributed by atoms with Crippen LogP contribution in [0.5, 0.6) is 0 Å². The maximum Gasteiger partial charge on any atom is -0.00514 e. The van der Waals surface area contributed by atoms with Crippen molar-refractivity contribution in [2.45, 2.75) is 26.7 Å². The van der Waals surface area contributed by atoms with Gasteiger partial charge in [-0.25, -0.2) is 0 Å². The van der Waals surface area contributed by atoms with Gasteiger partial charge in [0.15, 0.2) is 0 Å². The summed E-state index contributed by atoms with van der Waals surface area (Å²) in [6.07, 6.45) is 2.28. The first-order chi connectivity index (χ1) is 11.2. The highest BCUT2D eigenvalue weighted by Gasteiger charge is 2.23. The van der Waals surface area contributed by atoms with Crippen molar-refractivity contribution >= 4 is 16.3 Å². The van der Waals surface area contributed by atoms with Crippen molar-refractivity contribution in [3.05, 3.63) is 89.0 Å². The molecule has 3 aromatic rings. The van der Waals surface area contributed by atoms with Gasteiger partial charge < -0.3 is 0 Å². The van der Waals surface area contributed by atoms with Gasteiger partial charge in [-0.05, 0) is 51.8 Å². The molecule has 0 unspecified atom stereocenters. The van der Waals surface area contributed by atoms with Crippen LogP contribution in [0.2, 0.25) is 0 Å². The first-order valence-corrected chi connectivity index (χ1v) is 8.52. The first kappa shape index (κ1) is 14.3. The van der Waals surface area contributed by atoms with Crippen LogP contribution in [0.4, 0.5) is 0 Å². The van der Waals surface area contributed by atoms with Crippen LogP contribution in [0.1, 0.15) is 37.0 Å². The normalized spacial score (nSPS) is 13.9. The summed E-state index contributed by atoms with van der Waals surface area (Å²) < 4.78 is 0. The molecule has 0 bridgehead atoms. The minimum Gasteiger partial charge on any atom is -0.0625 e. The molecule has 0 aromatic heterocycles. The van der Waals surface area contributed by atoms with E-state index in [4.69, 9.17) is 0 Å². The molecule has 0 aliphatic heterocycles. The van der Waals surface area contributed by atoms with Crippen molar-refractivity contribution in [2.75, 3.05) is 0 Å². The zero-order valence-corrected chi connectivity index (χ0v) is 13.8. The highest BCUT2D eigenvalue weighted by Crippen LogP contribution is 2.41. The molecule has 0 heterocycles. The lowest BCUT2D eigenvalue weighted by Crippen LogP contribution is -1.95. The molecule has 3 aromatic carbocycles. The van der Waals surface area contributed by atoms with Gasteiger partial charge in [0.2, 0.25) is 0 Å². The molecule has 23 heavy (non-hydrogen) atoms. The minimum atomic E-state index is 0.685. The number of hydrogen-bond acceptors (Lipinski definition) is 0. The van der Waals surface area contributed by atoms with Crippen molar-refractivity contribution in [3.8, 4) is 0 Å². The van der Waals surface area contributed by atoms with E-state index < -0.39 is 0 Å². The first-order valence-electron chi connectivity index (χ1n) is 8.52. The van der Waals surface area contributed by atoms with Gasteiger partial charge >= 0.3 is 0 Å². The van der Waals surface area contributed by atoms with E-state index in [1.54, 1.807) is 5.57 Å². The van der Waals surface area contributed by atoms with Gasteiger partial charge in [-0.1, -0.05) is 86.2 Å². The van der Waals surface area contributed by atoms with E-state index in [0.717, 1.165) is 6.42 Å². The average molecular weight is 298 g/mol. The Balaban J connectivity index is 1.98. The molecule has 0 nitrogen and oxygen atoms in total. The summed E-state index contributed by atoms with van der Waals surface area (Å²) in [5.74, 6) is 0.685. The zero-order chi connectivity index (χ0) is 15.8. The van der Waals surface area contributed by atoms with E-state index in [-0.39, 0.29) is 0 Å². The van der Waals surface area contributed by atoms with E-state index in [1.807, 2.05) is 0 Å². The maximum atomic E-state index is 2.32. The third kappa shape index (κ3) is 2.49. The molecule has 0 atom stereocenters. The molecule has 0 heteroatoms. The predicted molar refractivity (Wildman–Crippen MR) is 99.6 cm³/mol. The Labute approximate surface area is 138 Å². The van der Waals surface area contributed by atoms with Crippen LogP contribution < -0.4 is 0 Å². The fraction of sp³-hybridized carbons (Fsp3) is 0.217. The van der Waals surface area contributed by atoms with Crippen molar-refractivity contribution in [3.63, 3.8) is 0 Å². The lowest BCUT2D eigenvalue weighted by Gasteiger charge is -2.13. The van der Waals surface area contributed by atoms with Crippen LogP contribution in [0, 0.1) is 5.92 Å². The fourth-order valence-electron chi connectivity index (χ4n) is 3.87. The number of allylic oxidation sites excluding steroid dienone is 1. The number of fused-ring (bicyclic) bond motifs is 2. The van der Waals surface area contributed by atoms with Crippen LogP contribution >= 0.6 is 0 Å². The van der Waals surface area contributed by atoms with Crippen molar-refractivity contribution in [1.82, 2.24) is 0 Å². The Kier molecular flexibility index (Phi) is 3.53. The quantitative estimate of drug-likeness (QED) is 0.536. The highest BCUT2D eigenvalue weighted by atomic mass is 14.3. The van der Waals surface area contributed by atoms with Gasteiger partial charge in [0.25, 0.3) is 0 Å². The summed E-state index contributed by atoms with van der Waals surface area (Å²) in [5.41, 5.74) is 7.37. The fourth-order valence-corrected chi connectivity index (χ4v) is 3.87. The molecule has 0 spiro atoms. The van der Waals surface area contributed by atoms with Gasteiger partial charge in [0.05, 0.1) is 0 Å². The summed E-state index contributed by atoms with van der Waals surface area (Å²) in [4.78, 5) is 0. The number of rotatable bonds is 3. The molecule has 1 aliphatic carbocycles. The van der Waals surface area contributed by atoms with Gasteiger partial charge in [-0.15, -0.1) is 0 Å². The topological polar surface area (TPSA) is 0 Å². The van der Waals surface area contributed by atoms with E-state index >= 15 is 0 Å². The van der Waals surface area contributed by atoms with Gasteiger partial charge in [-0.3, -0.25) is 0 Å². The van der Waals surface area contributed by atoms with E-state index in [0.29, 0.717) is 5.92 Å². The SMILES string of the molecule is CC(C)CC1=C(c2cccc3ccccc23)c2ccccc2C1. The van der Waals surface area contributed by atoms with Crippen LogP contribution in [-0.4, -0.2) is 0 Å². The summed E-state index contributed by atoms with van der Waals surface area (Å²) >= 11 is 0. The Morgan fingerprint density at radius 1 is 0.783 bits per heavy atom. The lowest BCUT2D eigenvalue weighted by atomic mass is 9.90. The molecule has 0 saturated carbocycles. The highest BCUT2D eigenvalue weighted by molar-refractivity contribution is 6.00. The molecule has 0 fully saturated rings. The largest absolute Gasteiger partial charge is 0.0625 e. The maximum absolute atomic E-state index is 2.32. The molecule has 114 valence electrons. The third-order valence-corrected chi connectivity index (χ3v) is 4.76. The second-order valence-electron chi connectivity index (χ2n) is 6.94. The van der Waals surface area contributed by atoms with Crippen molar-refractivity contribution < 1.29 is 0 Å². The Morgan fingerprint density at radius 3 is 2.35 bits per heavy atom. The molecule has 0 saturated heterocycles. The van der Waals surface area contributed by atoms with Crippen LogP contribution in [0.15, 0.2) is 72.3 Å². The second-order valence-corrected chi connectivity index (χ2v) is 6.94. The van der Waals surface area contributed by atoms with Gasteiger partial charge in [-0.2, -0.15) is 0 Å². The Morgan fingerprint density at radius 2 is 1.48 bits per heavy atom. The monoisotopic (exact) mass is 298 g/mol. The summed E-state index contributed by atoms with van der Waals surface area (Å²) in [6.45, 7) is 4.63. The van der Waals surface area contributed by atoms with Crippen LogP contribution in [0.3, 0.4) is 0 Å². The van der Waals surface area contributed by atoms with E-state index in [2.05, 4.69) is 80.6 Å². The standard InChI is InChI=1S/C23H22/c1-16(2)14-19-15-18-9-4-6-12-21(18)23(19)22-13-7-10-17-8-3-5-11-20(17)22/h3-13,16H,14-15H2,1-2H3. The number of hydrogen-bond donors (Lipinski definition) is 0. The van der Waals surface area contributed by atoms with E-state index in [1.165, 1.54) is 39.5 Å². The lowest BCUT2D eigenvalue weighted by molar-refractivity contribution is 0.637. The molecule has 0 N–H and O–H groups in total. The third-order valence-electron chi connectivity index (χ3n) is 4.76. The number of benzene rings is 3. The minimum absolute atomic E-state index is 0.685. The predicted octanol–water partition coefficient (Wildman–Crippen LogP) is 6.24. The smallest absolute Gasteiger partial charge is 0.00514 e. The molecular weight excluding hydrogens is 276 g/mol. The Hall–Kier alpha value is -2.34. The molecule has 1 aliphatic rings. The molecule has 0 amide bonds. The van der Waals surface area contributed by atoms with Crippen LogP contribution in [-0.2, 0) is 6.42 Å². The van der Waals surface area contributed by atoms with Gasteiger partial charge in [0.1, 0.15) is 0 Å². The Bertz CT molecular complexity index is 891. The summed E-state index contributed by atoms with van der Waals surface area (Å²) in [6, 6.07) is 24.3. The van der Waals surface area contributed by atoms with Crippen LogP contribution in [0.25, 0.3) is 16.3 Å². The zero-order valence-electron chi connectivity index (χ0n) is 13.8. The molecular formula is C23H22. The van der Waals surface area contributed by atoms with Crippen molar-refractivity contribution in [1.29, 1.82) is 0 Å². The van der Waals surface area contributed by atoms with Gasteiger partial charge in [0, 0.05) is 0 Å². The second kappa shape index (κ2) is 5.70. The summed E-state index contributed by atoms with van der Waals surface area (Å²) in [5, 5.41) is 2.69.